The van der Waals surface area contributed by atoms with Crippen LogP contribution in [0.4, 0.5) is 5.69 Å². The molecule has 3 N–H and O–H groups in total. The van der Waals surface area contributed by atoms with Gasteiger partial charge in [-0.1, -0.05) is 12.0 Å². The van der Waals surface area contributed by atoms with E-state index in [1.807, 2.05) is 12.1 Å². The SMILES string of the molecule is C#CC(C)(O)CCCc1ccc(N)c(I)c1. The topological polar surface area (TPSA) is 46.2 Å². The first-order chi connectivity index (χ1) is 7.44. The Balaban J connectivity index is 2.50. The molecule has 86 valence electrons. The van der Waals surface area contributed by atoms with Gasteiger partial charge in [-0.05, 0) is 66.5 Å². The predicted molar refractivity (Wildman–Crippen MR) is 76.0 cm³/mol. The molecular formula is C13H16INO. The first kappa shape index (κ1) is 13.3. The largest absolute Gasteiger partial charge is 0.398 e. The van der Waals surface area contributed by atoms with Crippen molar-refractivity contribution in [3.05, 3.63) is 27.3 Å². The quantitative estimate of drug-likeness (QED) is 0.507. The Labute approximate surface area is 110 Å². The minimum absolute atomic E-state index is 0.616. The van der Waals surface area contributed by atoms with E-state index < -0.39 is 5.60 Å². The average molecular weight is 329 g/mol. The van der Waals surface area contributed by atoms with Crippen LogP contribution in [0.3, 0.4) is 0 Å². The minimum atomic E-state index is -0.985. The number of hydrogen-bond donors (Lipinski definition) is 2. The molecule has 0 fully saturated rings. The van der Waals surface area contributed by atoms with Crippen molar-refractivity contribution in [1.82, 2.24) is 0 Å². The number of aryl methyl sites for hydroxylation is 1. The van der Waals surface area contributed by atoms with E-state index >= 15 is 0 Å². The summed E-state index contributed by atoms with van der Waals surface area (Å²) < 4.78 is 1.07. The minimum Gasteiger partial charge on any atom is -0.398 e. The zero-order chi connectivity index (χ0) is 12.2. The number of aliphatic hydroxyl groups is 1. The third kappa shape index (κ3) is 4.03. The zero-order valence-electron chi connectivity index (χ0n) is 9.33. The molecular weight excluding hydrogens is 313 g/mol. The summed E-state index contributed by atoms with van der Waals surface area (Å²) in [6, 6.07) is 6.00. The molecule has 1 rings (SSSR count). The Morgan fingerprint density at radius 1 is 1.56 bits per heavy atom. The van der Waals surface area contributed by atoms with Gasteiger partial charge in [0.15, 0.2) is 0 Å². The molecule has 1 atom stereocenters. The Morgan fingerprint density at radius 2 is 2.25 bits per heavy atom. The normalized spacial score (nSPS) is 14.1. The highest BCUT2D eigenvalue weighted by Crippen LogP contribution is 2.19. The molecule has 0 saturated carbocycles. The van der Waals surface area contributed by atoms with Crippen molar-refractivity contribution in [2.24, 2.45) is 0 Å². The maximum absolute atomic E-state index is 9.64. The van der Waals surface area contributed by atoms with Gasteiger partial charge in [-0.15, -0.1) is 6.42 Å². The second kappa shape index (κ2) is 5.55. The van der Waals surface area contributed by atoms with E-state index in [0.29, 0.717) is 6.42 Å². The van der Waals surface area contributed by atoms with Crippen LogP contribution in [-0.4, -0.2) is 10.7 Å². The number of hydrogen-bond acceptors (Lipinski definition) is 2. The number of halogens is 1. The third-order valence-corrected chi connectivity index (χ3v) is 3.44. The average Bonchev–Trinajstić information content (AvgIpc) is 2.23. The summed E-state index contributed by atoms with van der Waals surface area (Å²) in [4.78, 5) is 0. The smallest absolute Gasteiger partial charge is 0.122 e. The molecule has 2 nitrogen and oxygen atoms in total. The number of nitrogens with two attached hydrogens (primary N) is 1. The Morgan fingerprint density at radius 3 is 2.81 bits per heavy atom. The molecule has 16 heavy (non-hydrogen) atoms. The summed E-state index contributed by atoms with van der Waals surface area (Å²) in [6.07, 6.45) is 7.61. The van der Waals surface area contributed by atoms with Crippen LogP contribution < -0.4 is 5.73 Å². The van der Waals surface area contributed by atoms with Gasteiger partial charge >= 0.3 is 0 Å². The highest BCUT2D eigenvalue weighted by Gasteiger charge is 2.15. The lowest BCUT2D eigenvalue weighted by molar-refractivity contribution is 0.110. The third-order valence-electron chi connectivity index (χ3n) is 2.50. The highest BCUT2D eigenvalue weighted by molar-refractivity contribution is 14.1. The molecule has 1 aromatic rings. The highest BCUT2D eigenvalue weighted by atomic mass is 127. The van der Waals surface area contributed by atoms with Crippen molar-refractivity contribution in [1.29, 1.82) is 0 Å². The van der Waals surface area contributed by atoms with Gasteiger partial charge in [0.2, 0.25) is 0 Å². The van der Waals surface area contributed by atoms with Gasteiger partial charge in [0.05, 0.1) is 0 Å². The van der Waals surface area contributed by atoms with Gasteiger partial charge < -0.3 is 10.8 Å². The molecule has 0 saturated heterocycles. The summed E-state index contributed by atoms with van der Waals surface area (Å²) in [7, 11) is 0. The van der Waals surface area contributed by atoms with Crippen molar-refractivity contribution >= 4 is 28.3 Å². The van der Waals surface area contributed by atoms with E-state index in [1.165, 1.54) is 5.56 Å². The van der Waals surface area contributed by atoms with Gasteiger partial charge in [0, 0.05) is 9.26 Å². The van der Waals surface area contributed by atoms with Crippen molar-refractivity contribution < 1.29 is 5.11 Å². The van der Waals surface area contributed by atoms with Crippen LogP contribution in [0.2, 0.25) is 0 Å². The standard InChI is InChI=1S/C13H16INO/c1-3-13(2,16)8-4-5-10-6-7-12(15)11(14)9-10/h1,6-7,9,16H,4-5,8,15H2,2H3. The van der Waals surface area contributed by atoms with Crippen LogP contribution in [0.1, 0.15) is 25.3 Å². The molecule has 3 heteroatoms. The summed E-state index contributed by atoms with van der Waals surface area (Å²) >= 11 is 2.22. The summed E-state index contributed by atoms with van der Waals surface area (Å²) in [6.45, 7) is 1.67. The van der Waals surface area contributed by atoms with Crippen LogP contribution in [0.15, 0.2) is 18.2 Å². The van der Waals surface area contributed by atoms with E-state index in [1.54, 1.807) is 6.92 Å². The lowest BCUT2D eigenvalue weighted by Crippen LogP contribution is -2.20. The van der Waals surface area contributed by atoms with Crippen molar-refractivity contribution in [3.8, 4) is 12.3 Å². The lowest BCUT2D eigenvalue weighted by atomic mass is 9.98. The number of anilines is 1. The van der Waals surface area contributed by atoms with E-state index in [4.69, 9.17) is 12.2 Å². The molecule has 0 aliphatic heterocycles. The molecule has 0 aliphatic rings. The number of terminal acetylenes is 1. The van der Waals surface area contributed by atoms with Crippen LogP contribution >= 0.6 is 22.6 Å². The second-order valence-electron chi connectivity index (χ2n) is 4.13. The molecule has 0 aromatic heterocycles. The van der Waals surface area contributed by atoms with Crippen molar-refractivity contribution in [2.45, 2.75) is 31.8 Å². The monoisotopic (exact) mass is 329 g/mol. The number of nitrogen functional groups attached to an aromatic ring is 1. The molecule has 0 bridgehead atoms. The zero-order valence-corrected chi connectivity index (χ0v) is 11.5. The Kier molecular flexibility index (Phi) is 4.63. The van der Waals surface area contributed by atoms with E-state index in [-0.39, 0.29) is 0 Å². The summed E-state index contributed by atoms with van der Waals surface area (Å²) in [5, 5.41) is 9.64. The van der Waals surface area contributed by atoms with Gasteiger partial charge in [-0.2, -0.15) is 0 Å². The van der Waals surface area contributed by atoms with E-state index in [9.17, 15) is 5.11 Å². The van der Waals surface area contributed by atoms with Gasteiger partial charge in [0.1, 0.15) is 5.60 Å². The fourth-order valence-corrected chi connectivity index (χ4v) is 2.01. The molecule has 0 aliphatic carbocycles. The van der Waals surface area contributed by atoms with Crippen LogP contribution in [0.25, 0.3) is 0 Å². The first-order valence-electron chi connectivity index (χ1n) is 5.19. The van der Waals surface area contributed by atoms with Gasteiger partial charge in [-0.25, -0.2) is 0 Å². The van der Waals surface area contributed by atoms with Gasteiger partial charge in [0.25, 0.3) is 0 Å². The molecule has 0 spiro atoms. The fourth-order valence-electron chi connectivity index (χ4n) is 1.44. The van der Waals surface area contributed by atoms with Crippen molar-refractivity contribution in [3.63, 3.8) is 0 Å². The van der Waals surface area contributed by atoms with Crippen LogP contribution in [0.5, 0.6) is 0 Å². The van der Waals surface area contributed by atoms with Crippen LogP contribution in [-0.2, 0) is 6.42 Å². The predicted octanol–water partition coefficient (Wildman–Crippen LogP) is 2.58. The van der Waals surface area contributed by atoms with Crippen LogP contribution in [0, 0.1) is 15.9 Å². The summed E-state index contributed by atoms with van der Waals surface area (Å²) in [5.41, 5.74) is 6.78. The Hall–Kier alpha value is -0.730. The molecule has 1 unspecified atom stereocenters. The Bertz CT molecular complexity index is 407. The van der Waals surface area contributed by atoms with Gasteiger partial charge in [-0.3, -0.25) is 0 Å². The summed E-state index contributed by atoms with van der Waals surface area (Å²) in [5.74, 6) is 2.38. The maximum Gasteiger partial charge on any atom is 0.122 e. The molecule has 1 aromatic carbocycles. The van der Waals surface area contributed by atoms with E-state index in [2.05, 4.69) is 34.6 Å². The number of benzene rings is 1. The first-order valence-corrected chi connectivity index (χ1v) is 6.26. The second-order valence-corrected chi connectivity index (χ2v) is 5.29. The number of rotatable bonds is 4. The molecule has 0 amide bonds. The fraction of sp³-hybridized carbons (Fsp3) is 0.385. The molecule has 0 radical (unpaired) electrons. The lowest BCUT2D eigenvalue weighted by Gasteiger charge is -2.15. The van der Waals surface area contributed by atoms with E-state index in [0.717, 1.165) is 22.1 Å². The maximum atomic E-state index is 9.64. The molecule has 0 heterocycles. The van der Waals surface area contributed by atoms with Crippen molar-refractivity contribution in [2.75, 3.05) is 5.73 Å².